The van der Waals surface area contributed by atoms with E-state index in [-0.39, 0.29) is 6.54 Å². The number of rotatable bonds is 5. The number of aromatic nitrogens is 2. The fourth-order valence-corrected chi connectivity index (χ4v) is 2.63. The third-order valence-corrected chi connectivity index (χ3v) is 3.88. The average molecular weight is 333 g/mol. The average Bonchev–Trinajstić information content (AvgIpc) is 3.06. The quantitative estimate of drug-likeness (QED) is 0.879. The van der Waals surface area contributed by atoms with Crippen LogP contribution in [0.25, 0.3) is 0 Å². The molecule has 0 spiro atoms. The number of halogens is 3. The molecule has 0 bridgehead atoms. The summed E-state index contributed by atoms with van der Waals surface area (Å²) in [7, 11) is 1.32. The molecule has 0 saturated carbocycles. The molecule has 0 aliphatic heterocycles. The predicted octanol–water partition coefficient (Wildman–Crippen LogP) is 1.94. The first-order chi connectivity index (χ1) is 10.2. The maximum Gasteiger partial charge on any atom is 0.425 e. The van der Waals surface area contributed by atoms with Crippen molar-refractivity contribution in [1.29, 1.82) is 0 Å². The van der Waals surface area contributed by atoms with Crippen LogP contribution in [0.5, 0.6) is 0 Å². The van der Waals surface area contributed by atoms with Crippen LogP contribution in [-0.2, 0) is 24.0 Å². The maximum atomic E-state index is 13.2. The number of nitrogens with one attached hydrogen (secondary N) is 1. The molecule has 22 heavy (non-hydrogen) atoms. The summed E-state index contributed by atoms with van der Waals surface area (Å²) in [6, 6.07) is 1.75. The number of carbonyl (C=O) groups excluding carboxylic acids is 1. The van der Waals surface area contributed by atoms with Gasteiger partial charge in [-0.25, -0.2) is 4.98 Å². The molecule has 0 aliphatic rings. The number of hydrogen-bond donors (Lipinski definition) is 2. The van der Waals surface area contributed by atoms with Crippen molar-refractivity contribution in [1.82, 2.24) is 14.9 Å². The van der Waals surface area contributed by atoms with Crippen LogP contribution in [0.1, 0.15) is 17.8 Å². The Hall–Kier alpha value is -1.87. The van der Waals surface area contributed by atoms with Gasteiger partial charge in [0.05, 0.1) is 6.42 Å². The highest BCUT2D eigenvalue weighted by Crippen LogP contribution is 2.40. The van der Waals surface area contributed by atoms with Gasteiger partial charge in [0.1, 0.15) is 0 Å². The predicted molar refractivity (Wildman–Crippen MR) is 73.9 cm³/mol. The number of nitrogens with zero attached hydrogens (tertiary/aromatic N) is 2. The normalized spacial score (nSPS) is 14.6. The van der Waals surface area contributed by atoms with Crippen LogP contribution >= 0.6 is 11.3 Å². The Kier molecular flexibility index (Phi) is 4.57. The van der Waals surface area contributed by atoms with E-state index < -0.39 is 29.9 Å². The van der Waals surface area contributed by atoms with Gasteiger partial charge in [-0.1, -0.05) is 0 Å². The molecule has 0 saturated heterocycles. The lowest BCUT2D eigenvalue weighted by Crippen LogP contribution is -2.47. The summed E-state index contributed by atoms with van der Waals surface area (Å²) in [5.41, 5.74) is -2.55. The van der Waals surface area contributed by atoms with E-state index in [4.69, 9.17) is 0 Å². The molecule has 0 aliphatic carbocycles. The van der Waals surface area contributed by atoms with Gasteiger partial charge in [0.25, 0.3) is 0 Å². The van der Waals surface area contributed by atoms with E-state index in [1.165, 1.54) is 24.6 Å². The lowest BCUT2D eigenvalue weighted by molar-refractivity contribution is -0.271. The zero-order valence-electron chi connectivity index (χ0n) is 11.6. The number of hydrogen-bond acceptors (Lipinski definition) is 4. The van der Waals surface area contributed by atoms with Crippen molar-refractivity contribution >= 4 is 17.2 Å². The maximum absolute atomic E-state index is 13.2. The van der Waals surface area contributed by atoms with Gasteiger partial charge in [0, 0.05) is 26.0 Å². The van der Waals surface area contributed by atoms with Crippen LogP contribution in [0.4, 0.5) is 13.2 Å². The molecule has 120 valence electrons. The summed E-state index contributed by atoms with van der Waals surface area (Å²) in [4.78, 5) is 15.3. The smallest absolute Gasteiger partial charge is 0.374 e. The topological polar surface area (TPSA) is 67.1 Å². The van der Waals surface area contributed by atoms with Crippen molar-refractivity contribution < 1.29 is 23.1 Å². The zero-order chi connectivity index (χ0) is 16.4. The standard InChI is InChI=1S/C13H14F3N3O2S/c1-19-4-3-17-11(19)12(21,13(14,15)16)6-10(20)18-7-9-2-5-22-8-9/h2-5,8,21H,6-7H2,1H3,(H,18,20). The van der Waals surface area contributed by atoms with E-state index in [2.05, 4.69) is 10.3 Å². The molecular weight excluding hydrogens is 319 g/mol. The lowest BCUT2D eigenvalue weighted by Gasteiger charge is -2.29. The number of aliphatic hydroxyl groups is 1. The Morgan fingerprint density at radius 3 is 2.73 bits per heavy atom. The molecule has 2 heterocycles. The minimum Gasteiger partial charge on any atom is -0.374 e. The van der Waals surface area contributed by atoms with Crippen LogP contribution in [0.15, 0.2) is 29.2 Å². The first kappa shape index (κ1) is 16.5. The molecule has 0 fully saturated rings. The highest BCUT2D eigenvalue weighted by molar-refractivity contribution is 7.07. The number of imidazole rings is 1. The highest BCUT2D eigenvalue weighted by atomic mass is 32.1. The lowest BCUT2D eigenvalue weighted by atomic mass is 9.97. The zero-order valence-corrected chi connectivity index (χ0v) is 12.4. The van der Waals surface area contributed by atoms with Crippen molar-refractivity contribution in [2.45, 2.75) is 24.7 Å². The summed E-state index contributed by atoms with van der Waals surface area (Å²) < 4.78 is 40.8. The summed E-state index contributed by atoms with van der Waals surface area (Å²) >= 11 is 1.41. The number of thiophene rings is 1. The second-order valence-corrected chi connectivity index (χ2v) is 5.58. The second-order valence-electron chi connectivity index (χ2n) is 4.80. The molecular formula is C13H14F3N3O2S. The largest absolute Gasteiger partial charge is 0.425 e. The van der Waals surface area contributed by atoms with Gasteiger partial charge in [-0.05, 0) is 22.4 Å². The molecule has 2 rings (SSSR count). The van der Waals surface area contributed by atoms with Gasteiger partial charge in [-0.3, -0.25) is 4.79 Å². The van der Waals surface area contributed by atoms with Crippen LogP contribution in [0, 0.1) is 0 Å². The Balaban J connectivity index is 2.14. The molecule has 2 N–H and O–H groups in total. The summed E-state index contributed by atoms with van der Waals surface area (Å²) in [5, 5.41) is 16.0. The highest BCUT2D eigenvalue weighted by Gasteiger charge is 2.58. The van der Waals surface area contributed by atoms with E-state index in [9.17, 15) is 23.1 Å². The van der Waals surface area contributed by atoms with E-state index >= 15 is 0 Å². The summed E-state index contributed by atoms with van der Waals surface area (Å²) in [6.07, 6.45) is -3.76. The molecule has 1 atom stereocenters. The summed E-state index contributed by atoms with van der Waals surface area (Å²) in [5.74, 6) is -1.53. The van der Waals surface area contributed by atoms with Crippen LogP contribution in [0.3, 0.4) is 0 Å². The van der Waals surface area contributed by atoms with Crippen LogP contribution in [-0.4, -0.2) is 26.7 Å². The Labute approximate surface area is 128 Å². The number of carbonyl (C=O) groups is 1. The molecule has 5 nitrogen and oxygen atoms in total. The van der Waals surface area contributed by atoms with E-state index in [1.54, 1.807) is 16.8 Å². The first-order valence-electron chi connectivity index (χ1n) is 6.29. The third-order valence-electron chi connectivity index (χ3n) is 3.15. The Morgan fingerprint density at radius 2 is 2.23 bits per heavy atom. The van der Waals surface area contributed by atoms with Crippen LogP contribution in [0.2, 0.25) is 0 Å². The fourth-order valence-electron chi connectivity index (χ4n) is 1.96. The molecule has 2 aromatic rings. The first-order valence-corrected chi connectivity index (χ1v) is 7.23. The van der Waals surface area contributed by atoms with E-state index in [0.717, 1.165) is 16.3 Å². The molecule has 2 aromatic heterocycles. The molecule has 0 radical (unpaired) electrons. The third kappa shape index (κ3) is 3.30. The van der Waals surface area contributed by atoms with E-state index in [1.807, 2.05) is 0 Å². The molecule has 9 heteroatoms. The monoisotopic (exact) mass is 333 g/mol. The Morgan fingerprint density at radius 1 is 1.50 bits per heavy atom. The van der Waals surface area contributed by atoms with Gasteiger partial charge in [-0.15, -0.1) is 0 Å². The molecule has 1 amide bonds. The second kappa shape index (κ2) is 6.09. The number of aryl methyl sites for hydroxylation is 1. The number of alkyl halides is 3. The van der Waals surface area contributed by atoms with Crippen molar-refractivity contribution in [3.05, 3.63) is 40.6 Å². The molecule has 0 aromatic carbocycles. The van der Waals surface area contributed by atoms with Gasteiger partial charge < -0.3 is 15.0 Å². The minimum absolute atomic E-state index is 0.108. The van der Waals surface area contributed by atoms with Crippen LogP contribution < -0.4 is 5.32 Å². The van der Waals surface area contributed by atoms with Crippen molar-refractivity contribution in [2.75, 3.05) is 0 Å². The minimum atomic E-state index is -5.02. The van der Waals surface area contributed by atoms with Crippen molar-refractivity contribution in [3.63, 3.8) is 0 Å². The van der Waals surface area contributed by atoms with Gasteiger partial charge in [0.2, 0.25) is 11.5 Å². The van der Waals surface area contributed by atoms with E-state index in [0.29, 0.717) is 0 Å². The van der Waals surface area contributed by atoms with Gasteiger partial charge >= 0.3 is 6.18 Å². The molecule has 1 unspecified atom stereocenters. The number of amides is 1. The fraction of sp³-hybridized carbons (Fsp3) is 0.385. The van der Waals surface area contributed by atoms with Crippen molar-refractivity contribution in [3.8, 4) is 0 Å². The Bertz CT molecular complexity index is 639. The van der Waals surface area contributed by atoms with Gasteiger partial charge in [0.15, 0.2) is 5.82 Å². The van der Waals surface area contributed by atoms with Gasteiger partial charge in [-0.2, -0.15) is 24.5 Å². The summed E-state index contributed by atoms with van der Waals surface area (Å²) in [6.45, 7) is 0.108. The van der Waals surface area contributed by atoms with Crippen molar-refractivity contribution in [2.24, 2.45) is 7.05 Å². The SMILES string of the molecule is Cn1ccnc1C(O)(CC(=O)NCc1ccsc1)C(F)(F)F.